The van der Waals surface area contributed by atoms with E-state index in [1.165, 1.54) is 11.3 Å². The maximum absolute atomic E-state index is 11.9. The van der Waals surface area contributed by atoms with Gasteiger partial charge in [-0.15, -0.1) is 11.3 Å². The maximum atomic E-state index is 11.9. The van der Waals surface area contributed by atoms with Crippen molar-refractivity contribution < 1.29 is 9.53 Å². The summed E-state index contributed by atoms with van der Waals surface area (Å²) in [6, 6.07) is 0. The van der Waals surface area contributed by atoms with Crippen LogP contribution in [0.2, 0.25) is 0 Å². The molecule has 0 aromatic carbocycles. The molecule has 1 aromatic heterocycles. The standard InChI is InChI=1S/C14H25N3O2S/c1-6-8-17(7-2)14-11(19-9(3)4)10(15)12(20-14)13(18)16-5/h9H,6-8,15H2,1-5H3,(H,16,18). The van der Waals surface area contributed by atoms with Crippen molar-refractivity contribution >= 4 is 27.9 Å². The molecule has 1 rings (SSSR count). The zero-order chi connectivity index (χ0) is 15.3. The van der Waals surface area contributed by atoms with E-state index in [1.807, 2.05) is 13.8 Å². The summed E-state index contributed by atoms with van der Waals surface area (Å²) in [5.74, 6) is 0.471. The molecule has 20 heavy (non-hydrogen) atoms. The fraction of sp³-hybridized carbons (Fsp3) is 0.643. The predicted octanol–water partition coefficient (Wildman–Crippen LogP) is 2.71. The van der Waals surface area contributed by atoms with Crippen LogP contribution in [0.4, 0.5) is 10.7 Å². The Bertz CT molecular complexity index is 458. The first-order valence-corrected chi connectivity index (χ1v) is 7.83. The minimum absolute atomic E-state index is 0.0171. The van der Waals surface area contributed by atoms with Crippen LogP contribution >= 0.6 is 11.3 Å². The summed E-state index contributed by atoms with van der Waals surface area (Å²) >= 11 is 1.40. The van der Waals surface area contributed by atoms with Gasteiger partial charge in [0.2, 0.25) is 0 Å². The number of ether oxygens (including phenoxy) is 1. The van der Waals surface area contributed by atoms with Gasteiger partial charge < -0.3 is 20.7 Å². The summed E-state index contributed by atoms with van der Waals surface area (Å²) in [6.07, 6.45) is 1.05. The van der Waals surface area contributed by atoms with E-state index < -0.39 is 0 Å². The molecule has 0 saturated carbocycles. The Balaban J connectivity index is 3.28. The third-order valence-corrected chi connectivity index (χ3v) is 4.08. The van der Waals surface area contributed by atoms with E-state index in [2.05, 4.69) is 24.1 Å². The quantitative estimate of drug-likeness (QED) is 0.812. The molecule has 0 aliphatic heterocycles. The highest BCUT2D eigenvalue weighted by molar-refractivity contribution is 7.19. The number of carbonyl (C=O) groups excluding carboxylic acids is 1. The van der Waals surface area contributed by atoms with Crippen molar-refractivity contribution in [3.63, 3.8) is 0 Å². The monoisotopic (exact) mass is 299 g/mol. The Labute approximate surface area is 125 Å². The zero-order valence-electron chi connectivity index (χ0n) is 12.9. The summed E-state index contributed by atoms with van der Waals surface area (Å²) in [6.45, 7) is 9.90. The van der Waals surface area contributed by atoms with Gasteiger partial charge in [0.25, 0.3) is 5.91 Å². The lowest BCUT2D eigenvalue weighted by Crippen LogP contribution is -2.23. The number of hydrogen-bond donors (Lipinski definition) is 2. The first-order chi connectivity index (χ1) is 9.46. The molecule has 0 bridgehead atoms. The van der Waals surface area contributed by atoms with Gasteiger partial charge in [0.1, 0.15) is 15.6 Å². The third kappa shape index (κ3) is 3.56. The number of nitrogens with zero attached hydrogens (tertiary/aromatic N) is 1. The molecule has 3 N–H and O–H groups in total. The van der Waals surface area contributed by atoms with Gasteiger partial charge in [0.05, 0.1) is 6.10 Å². The number of nitrogen functional groups attached to an aromatic ring is 1. The van der Waals surface area contributed by atoms with Crippen LogP contribution < -0.4 is 20.7 Å². The van der Waals surface area contributed by atoms with E-state index in [-0.39, 0.29) is 12.0 Å². The molecule has 0 spiro atoms. The van der Waals surface area contributed by atoms with Crippen molar-refractivity contribution in [2.45, 2.75) is 40.2 Å². The molecule has 0 fully saturated rings. The number of thiophene rings is 1. The minimum Gasteiger partial charge on any atom is -0.486 e. The Morgan fingerprint density at radius 3 is 2.55 bits per heavy atom. The topological polar surface area (TPSA) is 67.6 Å². The molecular formula is C14H25N3O2S. The van der Waals surface area contributed by atoms with E-state index in [1.54, 1.807) is 7.05 Å². The van der Waals surface area contributed by atoms with Crippen molar-refractivity contribution in [2.24, 2.45) is 0 Å². The van der Waals surface area contributed by atoms with Gasteiger partial charge in [-0.25, -0.2) is 0 Å². The Hall–Kier alpha value is -1.43. The highest BCUT2D eigenvalue weighted by atomic mass is 32.1. The van der Waals surface area contributed by atoms with Gasteiger partial charge in [0, 0.05) is 20.1 Å². The van der Waals surface area contributed by atoms with Crippen LogP contribution in [0, 0.1) is 0 Å². The lowest BCUT2D eigenvalue weighted by Gasteiger charge is -2.23. The highest BCUT2D eigenvalue weighted by Crippen LogP contribution is 2.45. The number of rotatable bonds is 7. The number of hydrogen-bond acceptors (Lipinski definition) is 5. The summed E-state index contributed by atoms with van der Waals surface area (Å²) in [5, 5.41) is 3.57. The minimum atomic E-state index is -0.167. The lowest BCUT2D eigenvalue weighted by atomic mass is 10.3. The van der Waals surface area contributed by atoms with E-state index in [9.17, 15) is 4.79 Å². The van der Waals surface area contributed by atoms with Crippen LogP contribution in [-0.4, -0.2) is 32.1 Å². The normalized spacial score (nSPS) is 10.7. The highest BCUT2D eigenvalue weighted by Gasteiger charge is 2.25. The van der Waals surface area contributed by atoms with Gasteiger partial charge >= 0.3 is 0 Å². The van der Waals surface area contributed by atoms with Crippen LogP contribution in [-0.2, 0) is 0 Å². The molecule has 0 aliphatic carbocycles. The molecule has 0 radical (unpaired) electrons. The molecular weight excluding hydrogens is 274 g/mol. The fourth-order valence-electron chi connectivity index (χ4n) is 1.93. The molecule has 0 aliphatic rings. The van der Waals surface area contributed by atoms with Crippen LogP contribution in [0.3, 0.4) is 0 Å². The van der Waals surface area contributed by atoms with Crippen molar-refractivity contribution in [2.75, 3.05) is 30.8 Å². The SMILES string of the molecule is CCCN(CC)c1sc(C(=O)NC)c(N)c1OC(C)C. The number of anilines is 2. The number of carbonyl (C=O) groups is 1. The zero-order valence-corrected chi connectivity index (χ0v) is 13.8. The van der Waals surface area contributed by atoms with Gasteiger partial charge in [0.15, 0.2) is 5.75 Å². The first-order valence-electron chi connectivity index (χ1n) is 7.02. The van der Waals surface area contributed by atoms with Gasteiger partial charge in [-0.1, -0.05) is 6.92 Å². The molecule has 1 amide bonds. The van der Waals surface area contributed by atoms with Crippen molar-refractivity contribution in [1.29, 1.82) is 0 Å². The Morgan fingerprint density at radius 2 is 2.10 bits per heavy atom. The Kier molecular flexibility index (Phi) is 6.13. The van der Waals surface area contributed by atoms with Gasteiger partial charge in [-0.05, 0) is 27.2 Å². The van der Waals surface area contributed by atoms with Crippen LogP contribution in [0.5, 0.6) is 5.75 Å². The van der Waals surface area contributed by atoms with E-state index >= 15 is 0 Å². The molecule has 1 aromatic rings. The first kappa shape index (κ1) is 16.6. The molecule has 0 atom stereocenters. The molecule has 0 saturated heterocycles. The summed E-state index contributed by atoms with van der Waals surface area (Å²) < 4.78 is 5.84. The van der Waals surface area contributed by atoms with Crippen molar-refractivity contribution in [3.8, 4) is 5.75 Å². The number of nitrogens with two attached hydrogens (primary N) is 1. The number of nitrogens with one attached hydrogen (secondary N) is 1. The van der Waals surface area contributed by atoms with Crippen LogP contribution in [0.15, 0.2) is 0 Å². The van der Waals surface area contributed by atoms with E-state index in [4.69, 9.17) is 10.5 Å². The third-order valence-electron chi connectivity index (χ3n) is 2.83. The largest absolute Gasteiger partial charge is 0.486 e. The second-order valence-electron chi connectivity index (χ2n) is 4.80. The predicted molar refractivity (Wildman–Crippen MR) is 86.1 cm³/mol. The second-order valence-corrected chi connectivity index (χ2v) is 5.80. The molecule has 1 heterocycles. The second kappa shape index (κ2) is 7.38. The molecule has 6 heteroatoms. The molecule has 114 valence electrons. The van der Waals surface area contributed by atoms with E-state index in [0.29, 0.717) is 16.3 Å². The summed E-state index contributed by atoms with van der Waals surface area (Å²) in [7, 11) is 1.60. The molecule has 5 nitrogen and oxygen atoms in total. The summed E-state index contributed by atoms with van der Waals surface area (Å²) in [4.78, 5) is 14.6. The Morgan fingerprint density at radius 1 is 1.45 bits per heavy atom. The average molecular weight is 299 g/mol. The fourth-order valence-corrected chi connectivity index (χ4v) is 3.12. The van der Waals surface area contributed by atoms with Gasteiger partial charge in [-0.3, -0.25) is 4.79 Å². The van der Waals surface area contributed by atoms with E-state index in [0.717, 1.165) is 24.5 Å². The van der Waals surface area contributed by atoms with Gasteiger partial charge in [-0.2, -0.15) is 0 Å². The molecule has 0 unspecified atom stereocenters. The smallest absolute Gasteiger partial charge is 0.263 e. The maximum Gasteiger partial charge on any atom is 0.263 e. The average Bonchev–Trinajstić information content (AvgIpc) is 2.72. The lowest BCUT2D eigenvalue weighted by molar-refractivity contribution is 0.0967. The van der Waals surface area contributed by atoms with Crippen LogP contribution in [0.25, 0.3) is 0 Å². The number of amides is 1. The van der Waals surface area contributed by atoms with Crippen LogP contribution in [0.1, 0.15) is 43.8 Å². The van der Waals surface area contributed by atoms with Crippen molar-refractivity contribution in [3.05, 3.63) is 4.88 Å². The summed E-state index contributed by atoms with van der Waals surface area (Å²) in [5.41, 5.74) is 6.55. The van der Waals surface area contributed by atoms with Crippen molar-refractivity contribution in [1.82, 2.24) is 5.32 Å².